The molecule has 1 aromatic heterocycles. The molecule has 0 saturated carbocycles. The highest BCUT2D eigenvalue weighted by Gasteiger charge is 2.07. The Kier molecular flexibility index (Phi) is 3.80. The van der Waals surface area contributed by atoms with Crippen molar-refractivity contribution in [2.24, 2.45) is 5.10 Å². The van der Waals surface area contributed by atoms with Crippen molar-refractivity contribution in [2.75, 3.05) is 0 Å². The second-order valence-corrected chi connectivity index (χ2v) is 4.89. The topological polar surface area (TPSA) is 66.2 Å². The summed E-state index contributed by atoms with van der Waals surface area (Å²) < 4.78 is 14.8. The molecule has 0 saturated heterocycles. The molecule has 0 aliphatic rings. The maximum Gasteiger partial charge on any atom is 0.216 e. The van der Waals surface area contributed by atoms with Gasteiger partial charge in [0, 0.05) is 5.56 Å². The van der Waals surface area contributed by atoms with Gasteiger partial charge in [0.05, 0.1) is 6.21 Å². The van der Waals surface area contributed by atoms with Crippen LogP contribution < -0.4 is 0 Å². The van der Waals surface area contributed by atoms with Crippen LogP contribution in [0.5, 0.6) is 5.75 Å². The van der Waals surface area contributed by atoms with Crippen LogP contribution in [-0.2, 0) is 0 Å². The minimum atomic E-state index is -0.322. The van der Waals surface area contributed by atoms with E-state index in [9.17, 15) is 9.50 Å². The zero-order valence-electron chi connectivity index (χ0n) is 11.3. The third-order valence-electron chi connectivity index (χ3n) is 2.97. The molecule has 0 spiro atoms. The van der Waals surface area contributed by atoms with Gasteiger partial charge in [0.1, 0.15) is 11.6 Å². The van der Waals surface area contributed by atoms with E-state index in [-0.39, 0.29) is 11.6 Å². The molecule has 2 N–H and O–H groups in total. The molecule has 5 nitrogen and oxygen atoms in total. The molecule has 0 bridgehead atoms. The van der Waals surface area contributed by atoms with Crippen molar-refractivity contribution in [2.45, 2.75) is 0 Å². The highest BCUT2D eigenvalue weighted by atomic mass is 32.1. The standard InChI is InChI=1S/C15H11FN4OS/c16-12-5-3-11(4-6-12)14-18-19-15(22)20(14)17-9-10-1-7-13(21)8-2-10/h1-9,21H,(H,19,22). The number of rotatable bonds is 3. The molecule has 2 aromatic carbocycles. The van der Waals surface area contributed by atoms with Crippen molar-refractivity contribution >= 4 is 18.4 Å². The monoisotopic (exact) mass is 314 g/mol. The Bertz CT molecular complexity index is 866. The van der Waals surface area contributed by atoms with Crippen LogP contribution in [0.25, 0.3) is 11.4 Å². The lowest BCUT2D eigenvalue weighted by Gasteiger charge is -2.01. The van der Waals surface area contributed by atoms with Gasteiger partial charge in [-0.3, -0.25) is 0 Å². The van der Waals surface area contributed by atoms with Crippen molar-refractivity contribution in [1.82, 2.24) is 14.9 Å². The Morgan fingerprint density at radius 3 is 2.50 bits per heavy atom. The highest BCUT2D eigenvalue weighted by Crippen LogP contribution is 2.17. The summed E-state index contributed by atoms with van der Waals surface area (Å²) in [7, 11) is 0. The first kappa shape index (κ1) is 14.2. The lowest BCUT2D eigenvalue weighted by molar-refractivity contribution is 0.475. The Hall–Kier alpha value is -2.80. The molecule has 22 heavy (non-hydrogen) atoms. The van der Waals surface area contributed by atoms with Crippen molar-refractivity contribution in [3.8, 4) is 17.1 Å². The first-order chi connectivity index (χ1) is 10.6. The summed E-state index contributed by atoms with van der Waals surface area (Å²) in [6, 6.07) is 12.5. The number of phenols is 1. The van der Waals surface area contributed by atoms with Crippen LogP contribution in [0.2, 0.25) is 0 Å². The molecule has 1 heterocycles. The SMILES string of the molecule is Oc1ccc(C=Nn2c(-c3ccc(F)cc3)n[nH]c2=S)cc1. The molecule has 3 aromatic rings. The van der Waals surface area contributed by atoms with Crippen LogP contribution in [0.15, 0.2) is 53.6 Å². The average molecular weight is 314 g/mol. The summed E-state index contributed by atoms with van der Waals surface area (Å²) in [6.07, 6.45) is 1.60. The van der Waals surface area contributed by atoms with E-state index in [1.54, 1.807) is 42.6 Å². The van der Waals surface area contributed by atoms with Crippen LogP contribution in [0.4, 0.5) is 4.39 Å². The molecular weight excluding hydrogens is 303 g/mol. The zero-order chi connectivity index (χ0) is 15.5. The van der Waals surface area contributed by atoms with Gasteiger partial charge in [0.25, 0.3) is 0 Å². The fraction of sp³-hybridized carbons (Fsp3) is 0. The molecule has 0 radical (unpaired) electrons. The van der Waals surface area contributed by atoms with Crippen molar-refractivity contribution in [3.05, 3.63) is 64.7 Å². The smallest absolute Gasteiger partial charge is 0.216 e. The largest absolute Gasteiger partial charge is 0.508 e. The van der Waals surface area contributed by atoms with Gasteiger partial charge in [0.15, 0.2) is 5.82 Å². The minimum Gasteiger partial charge on any atom is -0.508 e. The van der Waals surface area contributed by atoms with Crippen LogP contribution in [0.3, 0.4) is 0 Å². The quantitative estimate of drug-likeness (QED) is 0.575. The second-order valence-electron chi connectivity index (χ2n) is 4.51. The molecule has 0 amide bonds. The molecule has 110 valence electrons. The number of hydrogen-bond acceptors (Lipinski definition) is 4. The predicted molar refractivity (Wildman–Crippen MR) is 83.9 cm³/mol. The van der Waals surface area contributed by atoms with Gasteiger partial charge in [-0.25, -0.2) is 9.49 Å². The van der Waals surface area contributed by atoms with Gasteiger partial charge in [-0.1, -0.05) is 0 Å². The molecule has 0 atom stereocenters. The van der Waals surface area contributed by atoms with E-state index in [0.29, 0.717) is 16.2 Å². The summed E-state index contributed by atoms with van der Waals surface area (Å²) in [5.74, 6) is 0.348. The van der Waals surface area contributed by atoms with E-state index in [1.165, 1.54) is 16.8 Å². The molecule has 7 heteroatoms. The Morgan fingerprint density at radius 1 is 1.14 bits per heavy atom. The minimum absolute atomic E-state index is 0.184. The van der Waals surface area contributed by atoms with E-state index >= 15 is 0 Å². The number of phenolic OH excluding ortho intramolecular Hbond substituents is 1. The van der Waals surface area contributed by atoms with Crippen LogP contribution in [0, 0.1) is 10.6 Å². The lowest BCUT2D eigenvalue weighted by atomic mass is 10.2. The van der Waals surface area contributed by atoms with Gasteiger partial charge < -0.3 is 5.11 Å². The fourth-order valence-electron chi connectivity index (χ4n) is 1.87. The predicted octanol–water partition coefficient (Wildman–Crippen LogP) is 3.33. The molecule has 3 rings (SSSR count). The molecular formula is C15H11FN4OS. The first-order valence-electron chi connectivity index (χ1n) is 6.40. The summed E-state index contributed by atoms with van der Waals surface area (Å²) in [5, 5.41) is 20.3. The number of aromatic hydroxyl groups is 1. The molecule has 0 aliphatic carbocycles. The number of halogens is 1. The number of benzene rings is 2. The Morgan fingerprint density at radius 2 is 1.82 bits per heavy atom. The van der Waals surface area contributed by atoms with Crippen molar-refractivity contribution in [1.29, 1.82) is 0 Å². The number of aromatic amines is 1. The van der Waals surface area contributed by atoms with E-state index in [2.05, 4.69) is 15.3 Å². The Balaban J connectivity index is 1.97. The van der Waals surface area contributed by atoms with Crippen LogP contribution >= 0.6 is 12.2 Å². The van der Waals surface area contributed by atoms with Crippen molar-refractivity contribution in [3.63, 3.8) is 0 Å². The zero-order valence-corrected chi connectivity index (χ0v) is 12.1. The fourth-order valence-corrected chi connectivity index (χ4v) is 2.05. The van der Waals surface area contributed by atoms with Gasteiger partial charge in [-0.15, -0.1) is 0 Å². The third-order valence-corrected chi connectivity index (χ3v) is 3.23. The van der Waals surface area contributed by atoms with Gasteiger partial charge in [0.2, 0.25) is 4.77 Å². The van der Waals surface area contributed by atoms with Crippen LogP contribution in [-0.4, -0.2) is 26.2 Å². The van der Waals surface area contributed by atoms with Gasteiger partial charge in [-0.2, -0.15) is 14.9 Å². The maximum absolute atomic E-state index is 13.0. The van der Waals surface area contributed by atoms with E-state index in [1.807, 2.05) is 0 Å². The number of H-pyrrole nitrogens is 1. The van der Waals surface area contributed by atoms with Crippen molar-refractivity contribution < 1.29 is 9.50 Å². The van der Waals surface area contributed by atoms with Gasteiger partial charge in [-0.05, 0) is 66.3 Å². The van der Waals surface area contributed by atoms with Crippen LogP contribution in [0.1, 0.15) is 5.56 Å². The van der Waals surface area contributed by atoms with E-state index < -0.39 is 0 Å². The number of nitrogens with one attached hydrogen (secondary N) is 1. The summed E-state index contributed by atoms with van der Waals surface area (Å²) in [6.45, 7) is 0. The second kappa shape index (κ2) is 5.90. The number of hydrogen-bond donors (Lipinski definition) is 2. The Labute approximate surface area is 130 Å². The summed E-state index contributed by atoms with van der Waals surface area (Å²) in [5.41, 5.74) is 1.49. The third kappa shape index (κ3) is 2.94. The number of aromatic nitrogens is 3. The number of nitrogens with zero attached hydrogens (tertiary/aromatic N) is 3. The van der Waals surface area contributed by atoms with Gasteiger partial charge >= 0.3 is 0 Å². The molecule has 0 fully saturated rings. The van der Waals surface area contributed by atoms with E-state index in [0.717, 1.165) is 5.56 Å². The normalized spacial score (nSPS) is 11.1. The summed E-state index contributed by atoms with van der Waals surface area (Å²) in [4.78, 5) is 0. The molecule has 0 aliphatic heterocycles. The average Bonchev–Trinajstić information content (AvgIpc) is 2.89. The van der Waals surface area contributed by atoms with E-state index in [4.69, 9.17) is 12.2 Å². The molecule has 0 unspecified atom stereocenters. The highest BCUT2D eigenvalue weighted by molar-refractivity contribution is 7.71. The first-order valence-corrected chi connectivity index (χ1v) is 6.81. The maximum atomic E-state index is 13.0. The lowest BCUT2D eigenvalue weighted by Crippen LogP contribution is -1.95. The summed E-state index contributed by atoms with van der Waals surface area (Å²) >= 11 is 5.15.